The molecule has 1 unspecified atom stereocenters. The minimum atomic E-state index is -0.760. The fourth-order valence-electron chi connectivity index (χ4n) is 4.00. The molecule has 0 saturated heterocycles. The Kier molecular flexibility index (Phi) is 6.19. The Bertz CT molecular complexity index is 819. The zero-order valence-electron chi connectivity index (χ0n) is 17.6. The summed E-state index contributed by atoms with van der Waals surface area (Å²) in [6.45, 7) is 6.19. The topological polar surface area (TPSA) is 38.3 Å². The molecule has 3 heteroatoms. The van der Waals surface area contributed by atoms with Gasteiger partial charge in [0.05, 0.1) is 12.5 Å². The van der Waals surface area contributed by atoms with E-state index in [9.17, 15) is 4.79 Å². The lowest BCUT2D eigenvalue weighted by Gasteiger charge is -2.44. The zero-order valence-corrected chi connectivity index (χ0v) is 17.6. The monoisotopic (exact) mass is 387 g/mol. The van der Waals surface area contributed by atoms with Gasteiger partial charge in [0.2, 0.25) is 0 Å². The standard InChI is InChI=1S/C26H29NO2/c1-25(2,3)27-23(24(28)29-4)26(20-14-8-5-9-15-20,21-16-10-6-11-17-21)22-18-12-7-13-19-22/h5-19,23,27H,1-4H3. The van der Waals surface area contributed by atoms with Crippen LogP contribution in [0.4, 0.5) is 0 Å². The van der Waals surface area contributed by atoms with Crippen LogP contribution in [-0.4, -0.2) is 24.7 Å². The lowest BCUT2D eigenvalue weighted by atomic mass is 9.64. The SMILES string of the molecule is COC(=O)C(NC(C)(C)C)C(c1ccccc1)(c1ccccc1)c1ccccc1. The van der Waals surface area contributed by atoms with Crippen LogP contribution in [0.2, 0.25) is 0 Å². The lowest BCUT2D eigenvalue weighted by molar-refractivity contribution is -0.145. The first-order valence-electron chi connectivity index (χ1n) is 9.91. The van der Waals surface area contributed by atoms with Gasteiger partial charge in [0.15, 0.2) is 0 Å². The number of methoxy groups -OCH3 is 1. The maximum absolute atomic E-state index is 13.3. The highest BCUT2D eigenvalue weighted by molar-refractivity contribution is 5.81. The summed E-state index contributed by atoms with van der Waals surface area (Å²) in [5, 5.41) is 3.57. The zero-order chi connectivity index (χ0) is 20.9. The highest BCUT2D eigenvalue weighted by Gasteiger charge is 2.49. The van der Waals surface area contributed by atoms with Gasteiger partial charge in [0.25, 0.3) is 0 Å². The first kappa shape index (κ1) is 20.8. The molecule has 0 aliphatic carbocycles. The molecule has 0 radical (unpaired) electrons. The molecule has 150 valence electrons. The van der Waals surface area contributed by atoms with Crippen LogP contribution in [0.5, 0.6) is 0 Å². The molecule has 3 aromatic carbocycles. The Morgan fingerprint density at radius 1 is 0.724 bits per heavy atom. The fraction of sp³-hybridized carbons (Fsp3) is 0.269. The van der Waals surface area contributed by atoms with Crippen LogP contribution >= 0.6 is 0 Å². The summed E-state index contributed by atoms with van der Waals surface area (Å²) in [4.78, 5) is 13.3. The molecule has 0 heterocycles. The third-order valence-electron chi connectivity index (χ3n) is 5.13. The first-order chi connectivity index (χ1) is 13.9. The molecular formula is C26H29NO2. The molecule has 29 heavy (non-hydrogen) atoms. The van der Waals surface area contributed by atoms with Crippen LogP contribution in [0.3, 0.4) is 0 Å². The molecular weight excluding hydrogens is 358 g/mol. The average molecular weight is 388 g/mol. The van der Waals surface area contributed by atoms with Crippen molar-refractivity contribution in [3.05, 3.63) is 108 Å². The molecule has 0 aliphatic heterocycles. The summed E-state index contributed by atoms with van der Waals surface area (Å²) in [7, 11) is 1.45. The van der Waals surface area contributed by atoms with Crippen LogP contribution in [0.1, 0.15) is 37.5 Å². The van der Waals surface area contributed by atoms with Crippen molar-refractivity contribution in [3.63, 3.8) is 0 Å². The Morgan fingerprint density at radius 2 is 1.07 bits per heavy atom. The van der Waals surface area contributed by atoms with Crippen molar-refractivity contribution in [3.8, 4) is 0 Å². The second-order valence-corrected chi connectivity index (χ2v) is 8.26. The maximum atomic E-state index is 13.3. The van der Waals surface area contributed by atoms with E-state index in [-0.39, 0.29) is 11.5 Å². The van der Waals surface area contributed by atoms with Crippen molar-refractivity contribution in [1.82, 2.24) is 5.32 Å². The number of rotatable bonds is 6. The van der Waals surface area contributed by atoms with Crippen molar-refractivity contribution < 1.29 is 9.53 Å². The maximum Gasteiger partial charge on any atom is 0.324 e. The summed E-state index contributed by atoms with van der Waals surface area (Å²) < 4.78 is 5.33. The van der Waals surface area contributed by atoms with Gasteiger partial charge in [-0.15, -0.1) is 0 Å². The normalized spacial score (nSPS) is 13.0. The van der Waals surface area contributed by atoms with Crippen molar-refractivity contribution in [1.29, 1.82) is 0 Å². The molecule has 1 atom stereocenters. The number of nitrogens with one attached hydrogen (secondary N) is 1. The van der Waals surface area contributed by atoms with Crippen LogP contribution in [-0.2, 0) is 14.9 Å². The smallest absolute Gasteiger partial charge is 0.324 e. The number of ether oxygens (including phenoxy) is 1. The third-order valence-corrected chi connectivity index (χ3v) is 5.13. The second kappa shape index (κ2) is 8.62. The molecule has 0 aromatic heterocycles. The first-order valence-corrected chi connectivity index (χ1v) is 9.91. The van der Waals surface area contributed by atoms with Gasteiger partial charge in [0.1, 0.15) is 6.04 Å². The van der Waals surface area contributed by atoms with E-state index in [1.54, 1.807) is 0 Å². The highest BCUT2D eigenvalue weighted by Crippen LogP contribution is 2.43. The number of esters is 1. The summed E-state index contributed by atoms with van der Waals surface area (Å²) >= 11 is 0. The van der Waals surface area contributed by atoms with Gasteiger partial charge in [0, 0.05) is 5.54 Å². The van der Waals surface area contributed by atoms with E-state index in [1.165, 1.54) is 7.11 Å². The van der Waals surface area contributed by atoms with Crippen molar-refractivity contribution in [2.75, 3.05) is 7.11 Å². The van der Waals surface area contributed by atoms with E-state index in [2.05, 4.69) is 62.5 Å². The third kappa shape index (κ3) is 4.25. The van der Waals surface area contributed by atoms with E-state index < -0.39 is 11.5 Å². The Hall–Kier alpha value is -2.91. The van der Waals surface area contributed by atoms with E-state index in [0.717, 1.165) is 16.7 Å². The van der Waals surface area contributed by atoms with E-state index in [0.29, 0.717) is 0 Å². The average Bonchev–Trinajstić information content (AvgIpc) is 2.74. The van der Waals surface area contributed by atoms with Crippen LogP contribution < -0.4 is 5.32 Å². The predicted molar refractivity (Wildman–Crippen MR) is 118 cm³/mol. The number of benzene rings is 3. The molecule has 0 spiro atoms. The second-order valence-electron chi connectivity index (χ2n) is 8.26. The number of hydrogen-bond donors (Lipinski definition) is 1. The van der Waals surface area contributed by atoms with E-state index >= 15 is 0 Å². The van der Waals surface area contributed by atoms with Gasteiger partial charge in [-0.3, -0.25) is 10.1 Å². The van der Waals surface area contributed by atoms with Crippen molar-refractivity contribution in [2.24, 2.45) is 0 Å². The molecule has 3 nitrogen and oxygen atoms in total. The van der Waals surface area contributed by atoms with Gasteiger partial charge < -0.3 is 4.74 Å². The van der Waals surface area contributed by atoms with Crippen LogP contribution in [0.25, 0.3) is 0 Å². The highest BCUT2D eigenvalue weighted by atomic mass is 16.5. The predicted octanol–water partition coefficient (Wildman–Crippen LogP) is 4.95. The van der Waals surface area contributed by atoms with E-state index in [1.807, 2.05) is 54.6 Å². The number of hydrogen-bond acceptors (Lipinski definition) is 3. The van der Waals surface area contributed by atoms with Crippen LogP contribution in [0.15, 0.2) is 91.0 Å². The molecule has 3 rings (SSSR count). The van der Waals surface area contributed by atoms with Crippen molar-refractivity contribution >= 4 is 5.97 Å². The minimum Gasteiger partial charge on any atom is -0.468 e. The summed E-state index contributed by atoms with van der Waals surface area (Å²) in [6, 6.07) is 30.0. The summed E-state index contributed by atoms with van der Waals surface area (Å²) in [6.07, 6.45) is 0. The van der Waals surface area contributed by atoms with Gasteiger partial charge in [-0.05, 0) is 37.5 Å². The number of carbonyl (C=O) groups excluding carboxylic acids is 1. The molecule has 0 aliphatic rings. The Balaban J connectivity index is 2.42. The molecule has 0 fully saturated rings. The summed E-state index contributed by atoms with van der Waals surface area (Å²) in [5.41, 5.74) is 2.03. The van der Waals surface area contributed by atoms with E-state index in [4.69, 9.17) is 4.74 Å². The van der Waals surface area contributed by atoms with Gasteiger partial charge in [-0.25, -0.2) is 0 Å². The quantitative estimate of drug-likeness (QED) is 0.480. The molecule has 0 amide bonds. The molecule has 0 saturated carbocycles. The largest absolute Gasteiger partial charge is 0.468 e. The van der Waals surface area contributed by atoms with Crippen molar-refractivity contribution in [2.45, 2.75) is 37.8 Å². The summed E-state index contributed by atoms with van der Waals surface area (Å²) in [5.74, 6) is -0.295. The molecule has 1 N–H and O–H groups in total. The Labute approximate surface area is 173 Å². The lowest BCUT2D eigenvalue weighted by Crippen LogP contribution is -2.59. The number of carbonyl (C=O) groups is 1. The van der Waals surface area contributed by atoms with Gasteiger partial charge in [-0.2, -0.15) is 0 Å². The van der Waals surface area contributed by atoms with Gasteiger partial charge >= 0.3 is 5.97 Å². The van der Waals surface area contributed by atoms with Gasteiger partial charge in [-0.1, -0.05) is 91.0 Å². The minimum absolute atomic E-state index is 0.295. The Morgan fingerprint density at radius 3 is 1.34 bits per heavy atom. The fourth-order valence-corrected chi connectivity index (χ4v) is 4.00. The molecule has 3 aromatic rings. The van der Waals surface area contributed by atoms with Crippen LogP contribution in [0, 0.1) is 0 Å². The molecule has 0 bridgehead atoms.